The molecule has 0 aliphatic rings. The molecule has 0 saturated carbocycles. The maximum atomic E-state index is 11.5. The lowest BCUT2D eigenvalue weighted by Crippen LogP contribution is -2.27. The van der Waals surface area contributed by atoms with E-state index in [-0.39, 0.29) is 5.92 Å². The smallest absolute Gasteiger partial charge is 0.314 e. The number of aliphatic carboxylic acids is 1. The van der Waals surface area contributed by atoms with Crippen LogP contribution in [0.3, 0.4) is 0 Å². The van der Waals surface area contributed by atoms with Crippen LogP contribution in [0.2, 0.25) is 0 Å². The molecule has 0 spiro atoms. The van der Waals surface area contributed by atoms with Gasteiger partial charge < -0.3 is 19.8 Å². The van der Waals surface area contributed by atoms with Crippen molar-refractivity contribution in [3.63, 3.8) is 0 Å². The molecule has 0 aliphatic heterocycles. The normalized spacial score (nSPS) is 12.2. The van der Waals surface area contributed by atoms with Gasteiger partial charge in [0.1, 0.15) is 17.4 Å². The Kier molecular flexibility index (Phi) is 9.06. The van der Waals surface area contributed by atoms with Crippen LogP contribution in [0.25, 0.3) is 11.3 Å². The zero-order valence-corrected chi connectivity index (χ0v) is 19.1. The Labute approximate surface area is 188 Å². The summed E-state index contributed by atoms with van der Waals surface area (Å²) in [4.78, 5) is 22.4. The zero-order chi connectivity index (χ0) is 23.7. The molecule has 10 nitrogen and oxygen atoms in total. The lowest BCUT2D eigenvalue weighted by atomic mass is 9.93. The minimum absolute atomic E-state index is 0.124. The third kappa shape index (κ3) is 6.73. The Morgan fingerprint density at radius 2 is 1.97 bits per heavy atom. The summed E-state index contributed by atoms with van der Waals surface area (Å²) < 4.78 is 5.29. The van der Waals surface area contributed by atoms with Crippen LogP contribution >= 0.6 is 0 Å². The molecule has 0 radical (unpaired) electrons. The highest BCUT2D eigenvalue weighted by atomic mass is 16.5. The van der Waals surface area contributed by atoms with Crippen molar-refractivity contribution in [3.8, 4) is 11.3 Å². The third-order valence-corrected chi connectivity index (χ3v) is 4.70. The molecular formula is C22H31N7O3. The van der Waals surface area contributed by atoms with Crippen molar-refractivity contribution in [2.24, 2.45) is 16.1 Å². The summed E-state index contributed by atoms with van der Waals surface area (Å²) >= 11 is 0. The summed E-state index contributed by atoms with van der Waals surface area (Å²) in [6.07, 6.45) is 3.95. The van der Waals surface area contributed by atoms with Crippen LogP contribution in [0.15, 0.2) is 57.9 Å². The fourth-order valence-corrected chi connectivity index (χ4v) is 3.04. The molecular weight excluding hydrogens is 410 g/mol. The Balaban J connectivity index is 2.03. The van der Waals surface area contributed by atoms with Crippen LogP contribution in [-0.4, -0.2) is 45.8 Å². The number of hydrogen-bond donors (Lipinski definition) is 2. The topological polar surface area (TPSA) is 129 Å². The quantitative estimate of drug-likeness (QED) is 0.442. The molecule has 0 aromatic carbocycles. The number of nitrogens with one attached hydrogen (secondary N) is 1. The average molecular weight is 442 g/mol. The van der Waals surface area contributed by atoms with Crippen molar-refractivity contribution in [2.75, 3.05) is 24.5 Å². The summed E-state index contributed by atoms with van der Waals surface area (Å²) in [7, 11) is 0. The van der Waals surface area contributed by atoms with E-state index < -0.39 is 11.9 Å². The maximum Gasteiger partial charge on any atom is 0.314 e. The van der Waals surface area contributed by atoms with Gasteiger partial charge in [-0.3, -0.25) is 4.79 Å². The van der Waals surface area contributed by atoms with E-state index in [1.165, 1.54) is 0 Å². The van der Waals surface area contributed by atoms with Crippen LogP contribution in [-0.2, 0) is 4.79 Å². The SMILES string of the molecule is C=C(CCN(CC)c1ncc(-c2cc(C(C(=O)O)C(C)C)on2)cn1)NC(=C)/N=N\CC. The van der Waals surface area contributed by atoms with Gasteiger partial charge in [-0.1, -0.05) is 32.2 Å². The van der Waals surface area contributed by atoms with Crippen molar-refractivity contribution in [3.05, 3.63) is 48.9 Å². The van der Waals surface area contributed by atoms with E-state index in [1.54, 1.807) is 18.5 Å². The van der Waals surface area contributed by atoms with Gasteiger partial charge in [-0.15, -0.1) is 5.11 Å². The molecule has 2 N–H and O–H groups in total. The van der Waals surface area contributed by atoms with Gasteiger partial charge in [0.2, 0.25) is 5.95 Å². The Morgan fingerprint density at radius 1 is 1.28 bits per heavy atom. The lowest BCUT2D eigenvalue weighted by Gasteiger charge is -2.21. The molecule has 172 valence electrons. The van der Waals surface area contributed by atoms with Gasteiger partial charge in [0.05, 0.1) is 6.54 Å². The van der Waals surface area contributed by atoms with Crippen molar-refractivity contribution >= 4 is 11.9 Å². The van der Waals surface area contributed by atoms with E-state index >= 15 is 0 Å². The number of azo groups is 1. The molecule has 32 heavy (non-hydrogen) atoms. The number of hydrogen-bond acceptors (Lipinski definition) is 9. The summed E-state index contributed by atoms with van der Waals surface area (Å²) in [6.45, 7) is 17.3. The van der Waals surface area contributed by atoms with Gasteiger partial charge in [0.25, 0.3) is 0 Å². The second-order valence-electron chi connectivity index (χ2n) is 7.51. The second-order valence-corrected chi connectivity index (χ2v) is 7.51. The van der Waals surface area contributed by atoms with E-state index in [1.807, 2.05) is 32.6 Å². The fourth-order valence-electron chi connectivity index (χ4n) is 3.04. The number of carboxylic acid groups (broad SMARTS) is 1. The van der Waals surface area contributed by atoms with E-state index in [2.05, 4.69) is 43.8 Å². The predicted octanol–water partition coefficient (Wildman–Crippen LogP) is 4.22. The zero-order valence-electron chi connectivity index (χ0n) is 19.1. The number of carboxylic acids is 1. The van der Waals surface area contributed by atoms with Gasteiger partial charge in [0.15, 0.2) is 5.76 Å². The molecule has 10 heteroatoms. The van der Waals surface area contributed by atoms with Crippen LogP contribution in [0, 0.1) is 5.92 Å². The molecule has 1 atom stereocenters. The van der Waals surface area contributed by atoms with E-state index in [0.29, 0.717) is 54.8 Å². The molecule has 1 unspecified atom stereocenters. The molecule has 0 aliphatic carbocycles. The number of aromatic nitrogens is 3. The monoisotopic (exact) mass is 441 g/mol. The van der Waals surface area contributed by atoms with Gasteiger partial charge >= 0.3 is 5.97 Å². The van der Waals surface area contributed by atoms with Crippen LogP contribution in [0.4, 0.5) is 5.95 Å². The first-order chi connectivity index (χ1) is 15.3. The number of rotatable bonds is 13. The van der Waals surface area contributed by atoms with E-state index in [9.17, 15) is 9.90 Å². The van der Waals surface area contributed by atoms with Crippen LogP contribution in [0.1, 0.15) is 45.8 Å². The molecule has 0 fully saturated rings. The van der Waals surface area contributed by atoms with Gasteiger partial charge in [-0.2, -0.15) is 5.11 Å². The average Bonchev–Trinajstić information content (AvgIpc) is 3.22. The standard InChI is InChI=1S/C22H31N7O3/c1-7-25-27-16(6)26-15(5)9-10-29(8-2)22-23-12-17(13-24-22)18-11-19(32-28-18)20(14(3)4)21(30)31/h11-14,20,26H,5-10H2,1-4H3,(H,30,31)/b27-25-. The Morgan fingerprint density at radius 3 is 2.53 bits per heavy atom. The second kappa shape index (κ2) is 11.7. The summed E-state index contributed by atoms with van der Waals surface area (Å²) in [5, 5.41) is 24.3. The van der Waals surface area contributed by atoms with Crippen molar-refractivity contribution in [2.45, 2.75) is 40.0 Å². The molecule has 2 rings (SSSR count). The van der Waals surface area contributed by atoms with Crippen molar-refractivity contribution in [1.29, 1.82) is 0 Å². The Hall–Kier alpha value is -3.56. The van der Waals surface area contributed by atoms with Crippen molar-refractivity contribution in [1.82, 2.24) is 20.4 Å². The Bertz CT molecular complexity index is 951. The minimum Gasteiger partial charge on any atom is -0.481 e. The van der Waals surface area contributed by atoms with E-state index in [4.69, 9.17) is 4.52 Å². The summed E-state index contributed by atoms with van der Waals surface area (Å²) in [5.41, 5.74) is 1.92. The highest BCUT2D eigenvalue weighted by Gasteiger charge is 2.28. The highest BCUT2D eigenvalue weighted by Crippen LogP contribution is 2.28. The van der Waals surface area contributed by atoms with Crippen LogP contribution < -0.4 is 10.2 Å². The molecule has 2 aromatic rings. The first-order valence-electron chi connectivity index (χ1n) is 10.5. The first kappa shape index (κ1) is 24.7. The summed E-state index contributed by atoms with van der Waals surface area (Å²) in [5.74, 6) is -0.485. The minimum atomic E-state index is -0.944. The van der Waals surface area contributed by atoms with Crippen molar-refractivity contribution < 1.29 is 14.4 Å². The molecule has 0 amide bonds. The first-order valence-corrected chi connectivity index (χ1v) is 10.5. The van der Waals surface area contributed by atoms with Crippen LogP contribution in [0.5, 0.6) is 0 Å². The van der Waals surface area contributed by atoms with Gasteiger partial charge in [0, 0.05) is 49.2 Å². The fraction of sp³-hybridized carbons (Fsp3) is 0.455. The molecule has 0 saturated heterocycles. The number of anilines is 1. The predicted molar refractivity (Wildman–Crippen MR) is 122 cm³/mol. The molecule has 2 heterocycles. The molecule has 2 aromatic heterocycles. The highest BCUT2D eigenvalue weighted by molar-refractivity contribution is 5.76. The molecule has 0 bridgehead atoms. The van der Waals surface area contributed by atoms with Gasteiger partial charge in [-0.05, 0) is 19.8 Å². The maximum absolute atomic E-state index is 11.5. The summed E-state index contributed by atoms with van der Waals surface area (Å²) in [6, 6.07) is 1.63. The third-order valence-electron chi connectivity index (χ3n) is 4.70. The van der Waals surface area contributed by atoms with Gasteiger partial charge in [-0.25, -0.2) is 9.97 Å². The lowest BCUT2D eigenvalue weighted by molar-refractivity contribution is -0.140. The number of carbonyl (C=O) groups is 1. The van der Waals surface area contributed by atoms with E-state index in [0.717, 1.165) is 5.70 Å². The number of nitrogens with zero attached hydrogens (tertiary/aromatic N) is 6. The largest absolute Gasteiger partial charge is 0.481 e.